The first-order chi connectivity index (χ1) is 10.6. The predicted octanol–water partition coefficient (Wildman–Crippen LogP) is 3.27. The van der Waals surface area contributed by atoms with Crippen molar-refractivity contribution in [2.75, 3.05) is 5.32 Å². The average Bonchev–Trinajstić information content (AvgIpc) is 2.55. The van der Waals surface area contributed by atoms with E-state index in [9.17, 15) is 9.90 Å². The third-order valence-electron chi connectivity index (χ3n) is 3.80. The van der Waals surface area contributed by atoms with E-state index < -0.39 is 0 Å². The molecule has 0 saturated heterocycles. The van der Waals surface area contributed by atoms with Gasteiger partial charge in [-0.1, -0.05) is 38.1 Å². The Kier molecular flexibility index (Phi) is 5.67. The molecule has 1 amide bonds. The second-order valence-electron chi connectivity index (χ2n) is 5.44. The second kappa shape index (κ2) is 7.71. The Bertz CT molecular complexity index is 623. The van der Waals surface area contributed by atoms with Crippen LogP contribution >= 0.6 is 0 Å². The van der Waals surface area contributed by atoms with Crippen molar-refractivity contribution in [3.8, 4) is 0 Å². The van der Waals surface area contributed by atoms with Gasteiger partial charge in [0.2, 0.25) is 5.91 Å². The lowest BCUT2D eigenvalue weighted by Gasteiger charge is -2.13. The Hall–Kier alpha value is -2.20. The largest absolute Gasteiger partial charge is 0.392 e. The van der Waals surface area contributed by atoms with Gasteiger partial charge in [0.1, 0.15) is 0 Å². The number of rotatable bonds is 6. The number of aryl methyl sites for hydroxylation is 1. The third kappa shape index (κ3) is 4.15. The molecule has 0 aliphatic carbocycles. The fourth-order valence-electron chi connectivity index (χ4n) is 2.35. The first-order valence-corrected chi connectivity index (χ1v) is 7.56. The van der Waals surface area contributed by atoms with Crippen molar-refractivity contribution in [3.63, 3.8) is 0 Å². The summed E-state index contributed by atoms with van der Waals surface area (Å²) in [5.41, 5.74) is 3.69. The molecule has 1 atom stereocenters. The molecule has 4 nitrogen and oxygen atoms in total. The first-order valence-electron chi connectivity index (χ1n) is 7.56. The van der Waals surface area contributed by atoms with Crippen LogP contribution in [0.3, 0.4) is 0 Å². The molecule has 2 N–H and O–H groups in total. The Balaban J connectivity index is 1.98. The fourth-order valence-corrected chi connectivity index (χ4v) is 2.35. The lowest BCUT2D eigenvalue weighted by Crippen LogP contribution is -2.15. The monoisotopic (exact) mass is 298 g/mol. The van der Waals surface area contributed by atoms with E-state index in [0.717, 1.165) is 12.0 Å². The molecule has 0 aliphatic heterocycles. The van der Waals surface area contributed by atoms with Crippen molar-refractivity contribution in [1.29, 1.82) is 0 Å². The highest BCUT2D eigenvalue weighted by Gasteiger charge is 2.13. The van der Waals surface area contributed by atoms with Crippen LogP contribution in [0, 0.1) is 0 Å². The molecule has 1 heterocycles. The van der Waals surface area contributed by atoms with Gasteiger partial charge < -0.3 is 10.4 Å². The predicted molar refractivity (Wildman–Crippen MR) is 87.6 cm³/mol. The number of benzene rings is 1. The van der Waals surface area contributed by atoms with Crippen LogP contribution in [-0.2, 0) is 17.8 Å². The van der Waals surface area contributed by atoms with E-state index in [1.807, 2.05) is 6.92 Å². The zero-order valence-electron chi connectivity index (χ0n) is 13.0. The Morgan fingerprint density at radius 1 is 1.27 bits per heavy atom. The van der Waals surface area contributed by atoms with Gasteiger partial charge in [0.25, 0.3) is 0 Å². The van der Waals surface area contributed by atoms with E-state index in [1.165, 1.54) is 5.56 Å². The summed E-state index contributed by atoms with van der Waals surface area (Å²) in [6.45, 7) is 4.04. The van der Waals surface area contributed by atoms with Gasteiger partial charge in [-0.25, -0.2) is 0 Å². The van der Waals surface area contributed by atoms with E-state index in [0.29, 0.717) is 17.7 Å². The van der Waals surface area contributed by atoms with Gasteiger partial charge in [-0.15, -0.1) is 0 Å². The lowest BCUT2D eigenvalue weighted by atomic mass is 9.96. The molecule has 0 saturated carbocycles. The van der Waals surface area contributed by atoms with Gasteiger partial charge in [0.15, 0.2) is 0 Å². The Morgan fingerprint density at radius 2 is 2.00 bits per heavy atom. The second-order valence-corrected chi connectivity index (χ2v) is 5.44. The number of carbonyl (C=O) groups excluding carboxylic acids is 1. The van der Waals surface area contributed by atoms with Crippen LogP contribution in [-0.4, -0.2) is 16.0 Å². The molecule has 1 aromatic carbocycles. The number of aromatic nitrogens is 1. The average molecular weight is 298 g/mol. The fraction of sp³-hybridized carbons (Fsp3) is 0.333. The minimum Gasteiger partial charge on any atom is -0.392 e. The summed E-state index contributed by atoms with van der Waals surface area (Å²) < 4.78 is 0. The van der Waals surface area contributed by atoms with E-state index in [1.54, 1.807) is 18.5 Å². The smallest absolute Gasteiger partial charge is 0.225 e. The summed E-state index contributed by atoms with van der Waals surface area (Å²) >= 11 is 0. The molecule has 116 valence electrons. The molecule has 4 heteroatoms. The highest BCUT2D eigenvalue weighted by atomic mass is 16.3. The molecule has 1 unspecified atom stereocenters. The molecule has 0 bridgehead atoms. The number of amides is 1. The minimum atomic E-state index is -0.119. The van der Waals surface area contributed by atoms with Crippen LogP contribution in [0.2, 0.25) is 0 Å². The number of hydrogen-bond acceptors (Lipinski definition) is 3. The van der Waals surface area contributed by atoms with Crippen LogP contribution in [0.4, 0.5) is 5.69 Å². The summed E-state index contributed by atoms with van der Waals surface area (Å²) in [4.78, 5) is 16.1. The maximum absolute atomic E-state index is 12.2. The number of pyridine rings is 1. The minimum absolute atomic E-state index is 0.0743. The number of aliphatic hydroxyl groups excluding tert-OH is 1. The number of nitrogens with zero attached hydrogens (tertiary/aromatic N) is 1. The molecular weight excluding hydrogens is 276 g/mol. The summed E-state index contributed by atoms with van der Waals surface area (Å²) in [6, 6.07) is 10.1. The number of anilines is 1. The highest BCUT2D eigenvalue weighted by molar-refractivity contribution is 5.91. The van der Waals surface area contributed by atoms with Gasteiger partial charge >= 0.3 is 0 Å². The first kappa shape index (κ1) is 16.2. The van der Waals surface area contributed by atoms with Crippen LogP contribution in [0.1, 0.15) is 42.9 Å². The zero-order chi connectivity index (χ0) is 15.9. The topological polar surface area (TPSA) is 62.2 Å². The van der Waals surface area contributed by atoms with Gasteiger partial charge in [-0.2, -0.15) is 0 Å². The summed E-state index contributed by atoms with van der Waals surface area (Å²) in [5.74, 6) is 0.0647. The van der Waals surface area contributed by atoms with Crippen molar-refractivity contribution in [2.45, 2.75) is 39.2 Å². The summed E-state index contributed by atoms with van der Waals surface area (Å²) in [6.07, 6.45) is 4.56. The van der Waals surface area contributed by atoms with Crippen molar-refractivity contribution in [3.05, 3.63) is 59.4 Å². The quantitative estimate of drug-likeness (QED) is 0.860. The van der Waals surface area contributed by atoms with E-state index in [-0.39, 0.29) is 18.4 Å². The molecule has 1 aromatic heterocycles. The lowest BCUT2D eigenvalue weighted by molar-refractivity contribution is -0.116. The number of carbonyl (C=O) groups is 1. The van der Waals surface area contributed by atoms with Gasteiger partial charge in [0.05, 0.1) is 18.5 Å². The molecule has 0 radical (unpaired) electrons. The van der Waals surface area contributed by atoms with Gasteiger partial charge in [0, 0.05) is 18.2 Å². The maximum atomic E-state index is 12.2. The summed E-state index contributed by atoms with van der Waals surface area (Å²) in [7, 11) is 0. The molecule has 2 aromatic rings. The van der Waals surface area contributed by atoms with E-state index in [2.05, 4.69) is 41.5 Å². The molecule has 22 heavy (non-hydrogen) atoms. The van der Waals surface area contributed by atoms with Crippen molar-refractivity contribution >= 4 is 11.6 Å². The van der Waals surface area contributed by atoms with Crippen LogP contribution < -0.4 is 5.32 Å². The van der Waals surface area contributed by atoms with Gasteiger partial charge in [-0.05, 0) is 29.5 Å². The van der Waals surface area contributed by atoms with E-state index >= 15 is 0 Å². The zero-order valence-corrected chi connectivity index (χ0v) is 13.0. The maximum Gasteiger partial charge on any atom is 0.225 e. The Labute approximate surface area is 131 Å². The van der Waals surface area contributed by atoms with Crippen molar-refractivity contribution in [1.82, 2.24) is 4.98 Å². The number of aliphatic hydroxyl groups is 1. The number of hydrogen-bond donors (Lipinski definition) is 2. The van der Waals surface area contributed by atoms with Gasteiger partial charge in [-0.3, -0.25) is 9.78 Å². The van der Waals surface area contributed by atoms with Crippen LogP contribution in [0.25, 0.3) is 0 Å². The molecule has 0 fully saturated rings. The van der Waals surface area contributed by atoms with Crippen molar-refractivity contribution < 1.29 is 9.90 Å². The SMILES string of the molecule is CCc1ccc(C(C)CC(=O)Nc2cnccc2CO)cc1. The summed E-state index contributed by atoms with van der Waals surface area (Å²) in [5, 5.41) is 12.1. The molecule has 0 spiro atoms. The molecular formula is C18H22N2O2. The van der Waals surface area contributed by atoms with Crippen LogP contribution in [0.15, 0.2) is 42.7 Å². The van der Waals surface area contributed by atoms with E-state index in [4.69, 9.17) is 0 Å². The number of nitrogens with one attached hydrogen (secondary N) is 1. The molecule has 0 aliphatic rings. The third-order valence-corrected chi connectivity index (χ3v) is 3.80. The standard InChI is InChI=1S/C18H22N2O2/c1-3-14-4-6-15(7-5-14)13(2)10-18(22)20-17-11-19-9-8-16(17)12-21/h4-9,11,13,21H,3,10,12H2,1-2H3,(H,20,22). The normalized spacial score (nSPS) is 12.0. The van der Waals surface area contributed by atoms with Crippen LogP contribution in [0.5, 0.6) is 0 Å². The Morgan fingerprint density at radius 3 is 2.64 bits per heavy atom. The van der Waals surface area contributed by atoms with Crippen molar-refractivity contribution in [2.24, 2.45) is 0 Å². The highest BCUT2D eigenvalue weighted by Crippen LogP contribution is 2.21. The molecule has 2 rings (SSSR count).